The fourth-order valence-electron chi connectivity index (χ4n) is 3.83. The predicted octanol–water partition coefficient (Wildman–Crippen LogP) is 4.82. The van der Waals surface area contributed by atoms with Crippen molar-refractivity contribution >= 4 is 28.0 Å². The number of benzene rings is 3. The Labute approximate surface area is 181 Å². The second-order valence-electron chi connectivity index (χ2n) is 6.91. The van der Waals surface area contributed by atoms with Gasteiger partial charge in [-0.05, 0) is 34.4 Å². The lowest BCUT2D eigenvalue weighted by Crippen LogP contribution is -2.35. The van der Waals surface area contributed by atoms with Crippen LogP contribution in [0.4, 0.5) is 4.79 Å². The number of carbonyl (C=O) groups is 2. The number of phenolic OH excluding ortho intramolecular Hbond substituents is 1. The summed E-state index contributed by atoms with van der Waals surface area (Å²) in [6.07, 6.45) is -0.876. The zero-order valence-electron chi connectivity index (χ0n) is 15.7. The van der Waals surface area contributed by atoms with Gasteiger partial charge in [0, 0.05) is 16.0 Å². The number of carboxylic acid groups (broad SMARTS) is 1. The van der Waals surface area contributed by atoms with E-state index >= 15 is 0 Å². The minimum atomic E-state index is -1.46. The summed E-state index contributed by atoms with van der Waals surface area (Å²) in [5.74, 6) is -1.69. The van der Waals surface area contributed by atoms with Crippen LogP contribution in [0.25, 0.3) is 11.1 Å². The molecule has 1 amide bonds. The third kappa shape index (κ3) is 3.64. The van der Waals surface area contributed by atoms with Crippen LogP contribution in [0.2, 0.25) is 0 Å². The van der Waals surface area contributed by atoms with Crippen molar-refractivity contribution in [3.63, 3.8) is 0 Å². The third-order valence-corrected chi connectivity index (χ3v) is 5.86. The number of aromatic hydroxyl groups is 1. The fourth-order valence-corrected chi connectivity index (χ4v) is 4.41. The van der Waals surface area contributed by atoms with Gasteiger partial charge in [0.25, 0.3) is 0 Å². The SMILES string of the molecule is O=C(NC(C(=O)O)c1c(O)cccc1Br)OCC1c2ccccc2-c2ccccc21. The number of rotatable bonds is 5. The Morgan fingerprint density at radius 3 is 2.13 bits per heavy atom. The summed E-state index contributed by atoms with van der Waals surface area (Å²) in [4.78, 5) is 24.2. The number of amides is 1. The van der Waals surface area contributed by atoms with E-state index in [1.165, 1.54) is 6.07 Å². The van der Waals surface area contributed by atoms with Crippen molar-refractivity contribution in [2.75, 3.05) is 6.61 Å². The van der Waals surface area contributed by atoms with Gasteiger partial charge in [-0.3, -0.25) is 0 Å². The number of nitrogens with one attached hydrogen (secondary N) is 1. The van der Waals surface area contributed by atoms with Crippen LogP contribution in [0.5, 0.6) is 5.75 Å². The molecule has 152 valence electrons. The number of hydrogen-bond donors (Lipinski definition) is 3. The molecular formula is C23H18BrNO5. The first-order valence-corrected chi connectivity index (χ1v) is 10.1. The highest BCUT2D eigenvalue weighted by Gasteiger charge is 2.31. The largest absolute Gasteiger partial charge is 0.508 e. The summed E-state index contributed by atoms with van der Waals surface area (Å²) in [7, 11) is 0. The molecule has 0 aliphatic heterocycles. The van der Waals surface area contributed by atoms with Gasteiger partial charge in [0.1, 0.15) is 12.4 Å². The van der Waals surface area contributed by atoms with Crippen LogP contribution in [-0.4, -0.2) is 28.9 Å². The van der Waals surface area contributed by atoms with Gasteiger partial charge >= 0.3 is 12.1 Å². The van der Waals surface area contributed by atoms with Gasteiger partial charge in [-0.15, -0.1) is 0 Å². The van der Waals surface area contributed by atoms with Gasteiger partial charge < -0.3 is 20.3 Å². The van der Waals surface area contributed by atoms with E-state index in [1.54, 1.807) is 12.1 Å². The molecule has 0 fully saturated rings. The number of halogens is 1. The van der Waals surface area contributed by atoms with Gasteiger partial charge in [-0.25, -0.2) is 9.59 Å². The topological polar surface area (TPSA) is 95.9 Å². The summed E-state index contributed by atoms with van der Waals surface area (Å²) in [5.41, 5.74) is 4.38. The van der Waals surface area contributed by atoms with Crippen LogP contribution in [0.3, 0.4) is 0 Å². The monoisotopic (exact) mass is 467 g/mol. The van der Waals surface area contributed by atoms with Gasteiger partial charge in [-0.2, -0.15) is 0 Å². The molecule has 7 heteroatoms. The summed E-state index contributed by atoms with van der Waals surface area (Å²) in [6, 6.07) is 18.9. The molecule has 0 saturated carbocycles. The Kier molecular flexibility index (Phi) is 5.46. The van der Waals surface area contributed by atoms with Crippen molar-refractivity contribution in [1.82, 2.24) is 5.32 Å². The molecule has 0 heterocycles. The number of alkyl carbamates (subject to hydrolysis) is 1. The lowest BCUT2D eigenvalue weighted by atomic mass is 9.98. The van der Waals surface area contributed by atoms with Crippen molar-refractivity contribution in [1.29, 1.82) is 0 Å². The van der Waals surface area contributed by atoms with Crippen molar-refractivity contribution in [2.24, 2.45) is 0 Å². The lowest BCUT2D eigenvalue weighted by molar-refractivity contribution is -0.139. The van der Waals surface area contributed by atoms with Gasteiger partial charge in [0.05, 0.1) is 0 Å². The van der Waals surface area contributed by atoms with E-state index in [0.717, 1.165) is 22.3 Å². The standard InChI is InChI=1S/C23H18BrNO5/c24-18-10-5-11-19(26)20(18)21(22(27)28)25-23(29)30-12-17-15-8-3-1-6-13(15)14-7-2-4-9-16(14)17/h1-11,17,21,26H,12H2,(H,25,29)(H,27,28). The number of aliphatic carboxylic acids is 1. The first-order chi connectivity index (χ1) is 14.5. The highest BCUT2D eigenvalue weighted by atomic mass is 79.9. The molecule has 3 N–H and O–H groups in total. The molecule has 30 heavy (non-hydrogen) atoms. The summed E-state index contributed by atoms with van der Waals surface area (Å²) < 4.78 is 5.78. The van der Waals surface area contributed by atoms with E-state index in [1.807, 2.05) is 48.5 Å². The fraction of sp³-hybridized carbons (Fsp3) is 0.130. The smallest absolute Gasteiger partial charge is 0.408 e. The number of hydrogen-bond acceptors (Lipinski definition) is 4. The molecule has 1 aliphatic rings. The second-order valence-corrected chi connectivity index (χ2v) is 7.77. The van der Waals surface area contributed by atoms with E-state index in [4.69, 9.17) is 4.74 Å². The summed E-state index contributed by atoms with van der Waals surface area (Å²) >= 11 is 3.22. The molecule has 0 spiro atoms. The molecule has 6 nitrogen and oxygen atoms in total. The minimum Gasteiger partial charge on any atom is -0.508 e. The Bertz CT molecular complexity index is 1060. The average Bonchev–Trinajstić information content (AvgIpc) is 3.05. The molecule has 3 aromatic carbocycles. The molecule has 0 bridgehead atoms. The third-order valence-electron chi connectivity index (χ3n) is 5.17. The quantitative estimate of drug-likeness (QED) is 0.499. The maximum absolute atomic E-state index is 12.4. The molecule has 1 atom stereocenters. The Hall–Kier alpha value is -3.32. The van der Waals surface area contributed by atoms with Crippen LogP contribution in [0.1, 0.15) is 28.7 Å². The van der Waals surface area contributed by atoms with Crippen molar-refractivity contribution in [3.05, 3.63) is 87.9 Å². The highest BCUT2D eigenvalue weighted by Crippen LogP contribution is 2.44. The Balaban J connectivity index is 1.52. The number of carboxylic acids is 1. The Morgan fingerprint density at radius 2 is 1.57 bits per heavy atom. The maximum Gasteiger partial charge on any atom is 0.408 e. The molecule has 0 aromatic heterocycles. The maximum atomic E-state index is 12.4. The van der Waals surface area contributed by atoms with Crippen LogP contribution < -0.4 is 5.32 Å². The Morgan fingerprint density at radius 1 is 0.967 bits per heavy atom. The van der Waals surface area contributed by atoms with Crippen molar-refractivity contribution in [3.8, 4) is 16.9 Å². The first kappa shape index (κ1) is 20.0. The van der Waals surface area contributed by atoms with Crippen molar-refractivity contribution < 1.29 is 24.5 Å². The van der Waals surface area contributed by atoms with E-state index in [9.17, 15) is 19.8 Å². The molecule has 4 rings (SSSR count). The van der Waals surface area contributed by atoms with Gasteiger partial charge in [0.2, 0.25) is 0 Å². The average molecular weight is 468 g/mol. The van der Waals surface area contributed by atoms with Gasteiger partial charge in [0.15, 0.2) is 6.04 Å². The molecular weight excluding hydrogens is 450 g/mol. The van der Waals surface area contributed by atoms with Crippen molar-refractivity contribution in [2.45, 2.75) is 12.0 Å². The van der Waals surface area contributed by atoms with Gasteiger partial charge in [-0.1, -0.05) is 70.5 Å². The summed E-state index contributed by atoms with van der Waals surface area (Å²) in [5, 5.41) is 22.0. The normalized spacial score (nSPS) is 13.2. The van der Waals surface area contributed by atoms with Crippen LogP contribution in [0.15, 0.2) is 71.2 Å². The van der Waals surface area contributed by atoms with E-state index in [-0.39, 0.29) is 23.8 Å². The number of ether oxygens (including phenoxy) is 1. The molecule has 1 aliphatic carbocycles. The van der Waals surface area contributed by atoms with Crippen LogP contribution in [-0.2, 0) is 9.53 Å². The zero-order valence-corrected chi connectivity index (χ0v) is 17.3. The van der Waals surface area contributed by atoms with Crippen LogP contribution >= 0.6 is 15.9 Å². The minimum absolute atomic E-state index is 0.0542. The zero-order chi connectivity index (χ0) is 21.3. The second kappa shape index (κ2) is 8.20. The lowest BCUT2D eigenvalue weighted by Gasteiger charge is -2.19. The molecule has 1 unspecified atom stereocenters. The highest BCUT2D eigenvalue weighted by molar-refractivity contribution is 9.10. The van der Waals surface area contributed by atoms with E-state index in [0.29, 0.717) is 4.47 Å². The molecule has 0 radical (unpaired) electrons. The van der Waals surface area contributed by atoms with E-state index in [2.05, 4.69) is 21.2 Å². The molecule has 3 aromatic rings. The number of carbonyl (C=O) groups excluding carboxylic acids is 1. The number of phenols is 1. The van der Waals surface area contributed by atoms with Crippen LogP contribution in [0, 0.1) is 0 Å². The number of fused-ring (bicyclic) bond motifs is 3. The molecule has 0 saturated heterocycles. The summed E-state index contributed by atoms with van der Waals surface area (Å²) in [6.45, 7) is 0.0636. The first-order valence-electron chi connectivity index (χ1n) is 9.29. The predicted molar refractivity (Wildman–Crippen MR) is 114 cm³/mol. The van der Waals surface area contributed by atoms with E-state index < -0.39 is 18.1 Å².